The molecule has 0 radical (unpaired) electrons. The van der Waals surface area contributed by atoms with E-state index < -0.39 is 12.1 Å². The van der Waals surface area contributed by atoms with Gasteiger partial charge in [0.1, 0.15) is 12.1 Å². The van der Waals surface area contributed by atoms with Gasteiger partial charge in [-0.3, -0.25) is 4.79 Å². The van der Waals surface area contributed by atoms with E-state index in [1.807, 2.05) is 0 Å². The van der Waals surface area contributed by atoms with Crippen LogP contribution in [0.4, 0.5) is 0 Å². The van der Waals surface area contributed by atoms with Crippen LogP contribution in [0.15, 0.2) is 42.5 Å². The van der Waals surface area contributed by atoms with Gasteiger partial charge in [-0.15, -0.1) is 0 Å². The molecule has 2 saturated heterocycles. The molecule has 2 fully saturated rings. The monoisotopic (exact) mass is 516 g/mol. The number of hydrogen-bond acceptors (Lipinski definition) is 6. The number of nitriles is 1. The molecular formula is C31H40N4O3. The molecule has 2 heterocycles. The van der Waals surface area contributed by atoms with Gasteiger partial charge in [0.15, 0.2) is 0 Å². The smallest absolute Gasteiger partial charge is 0.251 e. The number of nitrogens with one attached hydrogen (secondary N) is 2. The van der Waals surface area contributed by atoms with Crippen molar-refractivity contribution in [1.29, 1.82) is 5.26 Å². The normalized spacial score (nSPS) is 24.1. The Morgan fingerprint density at radius 1 is 1.21 bits per heavy atom. The zero-order chi connectivity index (χ0) is 26.5. The maximum Gasteiger partial charge on any atom is 0.251 e. The number of likely N-dealkylation sites (tertiary alicyclic amines) is 1. The molecule has 5 rings (SSSR count). The van der Waals surface area contributed by atoms with Gasteiger partial charge in [0.2, 0.25) is 0 Å². The average molecular weight is 517 g/mol. The molecule has 3 unspecified atom stereocenters. The summed E-state index contributed by atoms with van der Waals surface area (Å²) in [4.78, 5) is 15.3. The van der Waals surface area contributed by atoms with Crippen LogP contribution >= 0.6 is 0 Å². The topological polar surface area (TPSA) is 86.6 Å². The molecule has 1 aliphatic carbocycles. The van der Waals surface area contributed by atoms with Gasteiger partial charge < -0.3 is 25.0 Å². The minimum atomic E-state index is -0.640. The maximum absolute atomic E-state index is 12.8. The summed E-state index contributed by atoms with van der Waals surface area (Å²) in [6.45, 7) is 3.91. The van der Waals surface area contributed by atoms with E-state index in [2.05, 4.69) is 71.1 Å². The summed E-state index contributed by atoms with van der Waals surface area (Å²) < 4.78 is 11.2. The third kappa shape index (κ3) is 5.94. The first-order chi connectivity index (χ1) is 18.5. The predicted octanol–water partition coefficient (Wildman–Crippen LogP) is 3.21. The van der Waals surface area contributed by atoms with Crippen LogP contribution in [-0.4, -0.2) is 76.0 Å². The molecule has 3 atom stereocenters. The molecule has 202 valence electrons. The third-order valence-corrected chi connectivity index (χ3v) is 8.78. The number of methoxy groups -OCH3 is 1. The van der Waals surface area contributed by atoms with E-state index in [9.17, 15) is 10.1 Å². The van der Waals surface area contributed by atoms with Crippen molar-refractivity contribution in [3.8, 4) is 17.2 Å². The van der Waals surface area contributed by atoms with E-state index in [1.165, 1.54) is 55.5 Å². The molecule has 3 aliphatic rings. The number of nitrogens with zero attached hydrogens (tertiary/aromatic N) is 2. The third-order valence-electron chi connectivity index (χ3n) is 8.78. The van der Waals surface area contributed by atoms with Crippen molar-refractivity contribution in [2.24, 2.45) is 0 Å². The molecule has 0 saturated carbocycles. The average Bonchev–Trinajstić information content (AvgIpc) is 3.28. The van der Waals surface area contributed by atoms with Crippen molar-refractivity contribution in [2.75, 3.05) is 46.9 Å². The Bertz CT molecular complexity index is 1150. The minimum absolute atomic E-state index is 0.0380. The molecule has 38 heavy (non-hydrogen) atoms. The molecule has 2 N–H and O–H groups in total. The van der Waals surface area contributed by atoms with Crippen LogP contribution in [0, 0.1) is 11.3 Å². The van der Waals surface area contributed by atoms with Gasteiger partial charge in [-0.1, -0.05) is 42.5 Å². The van der Waals surface area contributed by atoms with Crippen LogP contribution in [0.2, 0.25) is 0 Å². The van der Waals surface area contributed by atoms with Crippen molar-refractivity contribution in [2.45, 2.75) is 62.2 Å². The standard InChI is InChI=1S/C31H40N4O3/c1-35-15-12-31(13-16-35)11-9-24-7-8-25(18-28(24)31)23-5-3-22(4-6-23)17-26(19-32)34-30(36)29-20-33-14-10-27(37-2)21-38-29/h3-8,18,26-27,29,33H,9-17,20-21H2,1-2H3,(H,34,36). The van der Waals surface area contributed by atoms with Crippen molar-refractivity contribution in [3.63, 3.8) is 0 Å². The number of carbonyl (C=O) groups is 1. The number of ether oxygens (including phenoxy) is 2. The summed E-state index contributed by atoms with van der Waals surface area (Å²) in [7, 11) is 3.88. The molecule has 2 aliphatic heterocycles. The van der Waals surface area contributed by atoms with Crippen LogP contribution in [-0.2, 0) is 32.5 Å². The number of rotatable bonds is 6. The molecular weight excluding hydrogens is 476 g/mol. The van der Waals surface area contributed by atoms with Gasteiger partial charge in [-0.2, -0.15) is 5.26 Å². The molecule has 0 bridgehead atoms. The van der Waals surface area contributed by atoms with E-state index >= 15 is 0 Å². The molecule has 0 aromatic heterocycles. The second-order valence-electron chi connectivity index (χ2n) is 11.2. The van der Waals surface area contributed by atoms with Gasteiger partial charge in [0.25, 0.3) is 5.91 Å². The lowest BCUT2D eigenvalue weighted by atomic mass is 9.73. The lowest BCUT2D eigenvalue weighted by molar-refractivity contribution is -0.136. The summed E-state index contributed by atoms with van der Waals surface area (Å²) >= 11 is 0. The fraction of sp³-hybridized carbons (Fsp3) is 0.548. The summed E-state index contributed by atoms with van der Waals surface area (Å²) in [6.07, 6.45) is 5.56. The lowest BCUT2D eigenvalue weighted by Crippen LogP contribution is -2.49. The quantitative estimate of drug-likeness (QED) is 0.613. The van der Waals surface area contributed by atoms with Crippen LogP contribution in [0.25, 0.3) is 11.1 Å². The van der Waals surface area contributed by atoms with Gasteiger partial charge in [0.05, 0.1) is 18.8 Å². The summed E-state index contributed by atoms with van der Waals surface area (Å²) in [5, 5.41) is 15.8. The Morgan fingerprint density at radius 2 is 1.97 bits per heavy atom. The Labute approximate surface area is 226 Å². The molecule has 2 aromatic carbocycles. The van der Waals surface area contributed by atoms with Crippen molar-refractivity contribution in [1.82, 2.24) is 15.5 Å². The number of hydrogen-bond donors (Lipinski definition) is 2. The Hall–Kier alpha value is -2.76. The van der Waals surface area contributed by atoms with E-state index in [0.29, 0.717) is 25.0 Å². The highest BCUT2D eigenvalue weighted by Crippen LogP contribution is 2.47. The largest absolute Gasteiger partial charge is 0.379 e. The van der Waals surface area contributed by atoms with Crippen LogP contribution < -0.4 is 10.6 Å². The zero-order valence-electron chi connectivity index (χ0n) is 22.7. The predicted molar refractivity (Wildman–Crippen MR) is 148 cm³/mol. The molecule has 1 spiro atoms. The van der Waals surface area contributed by atoms with Crippen molar-refractivity contribution in [3.05, 3.63) is 59.2 Å². The second-order valence-corrected chi connectivity index (χ2v) is 11.2. The summed E-state index contributed by atoms with van der Waals surface area (Å²) in [5.74, 6) is -0.265. The highest BCUT2D eigenvalue weighted by molar-refractivity contribution is 5.81. The van der Waals surface area contributed by atoms with E-state index in [4.69, 9.17) is 9.47 Å². The molecule has 7 heteroatoms. The molecule has 7 nitrogen and oxygen atoms in total. The fourth-order valence-electron chi connectivity index (χ4n) is 6.22. The fourth-order valence-corrected chi connectivity index (χ4v) is 6.22. The Balaban J connectivity index is 1.22. The van der Waals surface area contributed by atoms with E-state index in [-0.39, 0.29) is 12.0 Å². The number of piperidine rings is 1. The van der Waals surface area contributed by atoms with Crippen LogP contribution in [0.3, 0.4) is 0 Å². The SMILES string of the molecule is COC1CCNCC(C(=O)NC(C#N)Cc2ccc(-c3ccc4c(c3)C3(CC4)CCN(C)CC3)cc2)OC1. The molecule has 1 amide bonds. The van der Waals surface area contributed by atoms with Gasteiger partial charge in [0, 0.05) is 20.1 Å². The number of fused-ring (bicyclic) bond motifs is 2. The van der Waals surface area contributed by atoms with Crippen molar-refractivity contribution < 1.29 is 14.3 Å². The van der Waals surface area contributed by atoms with Gasteiger partial charge >= 0.3 is 0 Å². The number of carbonyl (C=O) groups excluding carboxylic acids is 1. The Kier molecular flexibility index (Phi) is 8.45. The Morgan fingerprint density at radius 3 is 2.71 bits per heavy atom. The first-order valence-corrected chi connectivity index (χ1v) is 14.0. The lowest BCUT2D eigenvalue weighted by Gasteiger charge is -2.39. The zero-order valence-corrected chi connectivity index (χ0v) is 22.7. The highest BCUT2D eigenvalue weighted by Gasteiger charge is 2.40. The first kappa shape index (κ1) is 26.8. The second kappa shape index (κ2) is 12.0. The highest BCUT2D eigenvalue weighted by atomic mass is 16.5. The number of amides is 1. The summed E-state index contributed by atoms with van der Waals surface area (Å²) in [6, 6.07) is 17.0. The maximum atomic E-state index is 12.8. The van der Waals surface area contributed by atoms with Gasteiger partial charge in [-0.05, 0) is 92.0 Å². The minimum Gasteiger partial charge on any atom is -0.379 e. The first-order valence-electron chi connectivity index (χ1n) is 14.0. The van der Waals surface area contributed by atoms with Gasteiger partial charge in [-0.25, -0.2) is 0 Å². The van der Waals surface area contributed by atoms with Crippen LogP contribution in [0.1, 0.15) is 42.4 Å². The summed E-state index contributed by atoms with van der Waals surface area (Å²) in [5.41, 5.74) is 6.88. The van der Waals surface area contributed by atoms with E-state index in [1.54, 1.807) is 12.7 Å². The number of aryl methyl sites for hydroxylation is 1. The number of benzene rings is 2. The molecule has 2 aromatic rings. The van der Waals surface area contributed by atoms with Crippen LogP contribution in [0.5, 0.6) is 0 Å². The van der Waals surface area contributed by atoms with E-state index in [0.717, 1.165) is 18.5 Å². The van der Waals surface area contributed by atoms with Crippen molar-refractivity contribution >= 4 is 5.91 Å².